The minimum absolute atomic E-state index is 0.290. The summed E-state index contributed by atoms with van der Waals surface area (Å²) in [5, 5.41) is 10.3. The van der Waals surface area contributed by atoms with Crippen molar-refractivity contribution < 1.29 is 9.50 Å². The summed E-state index contributed by atoms with van der Waals surface area (Å²) in [4.78, 5) is 0. The molecule has 2 rings (SSSR count). The van der Waals surface area contributed by atoms with Crippen LogP contribution in [0.5, 0.6) is 0 Å². The van der Waals surface area contributed by atoms with Crippen LogP contribution in [0.4, 0.5) is 4.39 Å². The van der Waals surface area contributed by atoms with Crippen LogP contribution in [-0.2, 0) is 12.8 Å². The molecule has 0 saturated carbocycles. The standard InChI is InChI=1S/C15H14ClFO/c16-13-7-6-12(15(17)10-13)9-14(18)8-11-4-2-1-3-5-11/h1-7,10,14,18H,8-9H2. The molecule has 1 N–H and O–H groups in total. The van der Waals surface area contributed by atoms with Crippen molar-refractivity contribution in [2.24, 2.45) is 0 Å². The van der Waals surface area contributed by atoms with E-state index in [-0.39, 0.29) is 12.2 Å². The van der Waals surface area contributed by atoms with Crippen molar-refractivity contribution in [1.29, 1.82) is 0 Å². The molecule has 2 aromatic rings. The molecular formula is C15H14ClFO. The van der Waals surface area contributed by atoms with E-state index < -0.39 is 6.10 Å². The molecule has 0 aliphatic carbocycles. The van der Waals surface area contributed by atoms with Crippen molar-refractivity contribution in [3.05, 3.63) is 70.5 Å². The van der Waals surface area contributed by atoms with Crippen molar-refractivity contribution in [3.8, 4) is 0 Å². The molecule has 1 atom stereocenters. The molecule has 18 heavy (non-hydrogen) atoms. The van der Waals surface area contributed by atoms with Crippen molar-refractivity contribution in [2.45, 2.75) is 18.9 Å². The van der Waals surface area contributed by atoms with Crippen LogP contribution in [0.2, 0.25) is 5.02 Å². The number of aliphatic hydroxyl groups is 1. The first-order valence-corrected chi connectivity index (χ1v) is 6.19. The van der Waals surface area contributed by atoms with Crippen LogP contribution in [0.1, 0.15) is 11.1 Å². The van der Waals surface area contributed by atoms with E-state index in [0.29, 0.717) is 17.0 Å². The Balaban J connectivity index is 2.01. The number of hydrogen-bond acceptors (Lipinski definition) is 1. The van der Waals surface area contributed by atoms with Gasteiger partial charge in [0.05, 0.1) is 6.10 Å². The Hall–Kier alpha value is -1.38. The van der Waals surface area contributed by atoms with E-state index in [1.165, 1.54) is 6.07 Å². The second kappa shape index (κ2) is 5.98. The SMILES string of the molecule is OC(Cc1ccccc1)Cc1ccc(Cl)cc1F. The van der Waals surface area contributed by atoms with Crippen LogP contribution in [0, 0.1) is 5.82 Å². The van der Waals surface area contributed by atoms with E-state index in [1.54, 1.807) is 12.1 Å². The fourth-order valence-electron chi connectivity index (χ4n) is 1.90. The van der Waals surface area contributed by atoms with Crippen LogP contribution in [0.15, 0.2) is 48.5 Å². The monoisotopic (exact) mass is 264 g/mol. The molecule has 0 radical (unpaired) electrons. The van der Waals surface area contributed by atoms with Crippen molar-refractivity contribution in [1.82, 2.24) is 0 Å². The highest BCUT2D eigenvalue weighted by Gasteiger charge is 2.10. The Morgan fingerprint density at radius 2 is 1.78 bits per heavy atom. The summed E-state index contributed by atoms with van der Waals surface area (Å²) in [6.07, 6.45) is 0.212. The number of halogens is 2. The van der Waals surface area contributed by atoms with Gasteiger partial charge < -0.3 is 5.11 Å². The first-order chi connectivity index (χ1) is 8.65. The van der Waals surface area contributed by atoms with Crippen LogP contribution in [0.3, 0.4) is 0 Å². The summed E-state index contributed by atoms with van der Waals surface area (Å²) >= 11 is 5.68. The molecule has 0 saturated heterocycles. The Bertz CT molecular complexity index is 513. The Labute approximate surface area is 111 Å². The van der Waals surface area contributed by atoms with Crippen LogP contribution in [-0.4, -0.2) is 11.2 Å². The summed E-state index contributed by atoms with van der Waals surface area (Å²) in [5.41, 5.74) is 1.53. The molecule has 0 heterocycles. The molecule has 0 bridgehead atoms. The quantitative estimate of drug-likeness (QED) is 0.894. The lowest BCUT2D eigenvalue weighted by Gasteiger charge is -2.11. The van der Waals surface area contributed by atoms with E-state index in [9.17, 15) is 9.50 Å². The maximum absolute atomic E-state index is 13.6. The molecular weight excluding hydrogens is 251 g/mol. The first kappa shape index (κ1) is 13.1. The van der Waals surface area contributed by atoms with Gasteiger partial charge >= 0.3 is 0 Å². The van der Waals surface area contributed by atoms with Gasteiger partial charge in [0.25, 0.3) is 0 Å². The Morgan fingerprint density at radius 3 is 2.44 bits per heavy atom. The zero-order chi connectivity index (χ0) is 13.0. The van der Waals surface area contributed by atoms with E-state index in [2.05, 4.69) is 0 Å². The van der Waals surface area contributed by atoms with Crippen LogP contribution in [0.25, 0.3) is 0 Å². The van der Waals surface area contributed by atoms with E-state index in [1.807, 2.05) is 30.3 Å². The summed E-state index contributed by atoms with van der Waals surface area (Å²) in [6, 6.07) is 14.2. The smallest absolute Gasteiger partial charge is 0.127 e. The van der Waals surface area contributed by atoms with Gasteiger partial charge in [-0.05, 0) is 29.7 Å². The predicted octanol–water partition coefficient (Wildman–Crippen LogP) is 3.63. The molecule has 0 aromatic heterocycles. The van der Waals surface area contributed by atoms with E-state index in [4.69, 9.17) is 11.6 Å². The van der Waals surface area contributed by atoms with Gasteiger partial charge in [-0.15, -0.1) is 0 Å². The summed E-state index contributed by atoms with van der Waals surface area (Å²) in [6.45, 7) is 0. The lowest BCUT2D eigenvalue weighted by atomic mass is 10.0. The highest BCUT2D eigenvalue weighted by atomic mass is 35.5. The molecule has 0 fully saturated rings. The third-order valence-electron chi connectivity index (χ3n) is 2.78. The number of benzene rings is 2. The molecule has 0 spiro atoms. The average Bonchev–Trinajstić information content (AvgIpc) is 2.34. The van der Waals surface area contributed by atoms with Crippen LogP contribution >= 0.6 is 11.6 Å². The average molecular weight is 265 g/mol. The van der Waals surface area contributed by atoms with E-state index in [0.717, 1.165) is 5.56 Å². The van der Waals surface area contributed by atoms with Crippen molar-refractivity contribution >= 4 is 11.6 Å². The molecule has 0 aliphatic rings. The molecule has 94 valence electrons. The highest BCUT2D eigenvalue weighted by Crippen LogP contribution is 2.17. The highest BCUT2D eigenvalue weighted by molar-refractivity contribution is 6.30. The largest absolute Gasteiger partial charge is 0.392 e. The van der Waals surface area contributed by atoms with Gasteiger partial charge in [0.15, 0.2) is 0 Å². The predicted molar refractivity (Wildman–Crippen MR) is 71.3 cm³/mol. The van der Waals surface area contributed by atoms with Crippen LogP contribution < -0.4 is 0 Å². The second-order valence-electron chi connectivity index (χ2n) is 4.28. The number of rotatable bonds is 4. The van der Waals surface area contributed by atoms with Crippen molar-refractivity contribution in [3.63, 3.8) is 0 Å². The third kappa shape index (κ3) is 3.56. The minimum Gasteiger partial charge on any atom is -0.392 e. The number of hydrogen-bond donors (Lipinski definition) is 1. The topological polar surface area (TPSA) is 20.2 Å². The van der Waals surface area contributed by atoms with Gasteiger partial charge in [0.2, 0.25) is 0 Å². The molecule has 1 nitrogen and oxygen atoms in total. The third-order valence-corrected chi connectivity index (χ3v) is 3.02. The molecule has 0 amide bonds. The molecule has 1 unspecified atom stereocenters. The first-order valence-electron chi connectivity index (χ1n) is 5.81. The van der Waals surface area contributed by atoms with Gasteiger partial charge in [-0.2, -0.15) is 0 Å². The van der Waals surface area contributed by atoms with E-state index >= 15 is 0 Å². The lowest BCUT2D eigenvalue weighted by Crippen LogP contribution is -2.14. The summed E-state index contributed by atoms with van der Waals surface area (Å²) in [7, 11) is 0. The summed E-state index contributed by atoms with van der Waals surface area (Å²) < 4.78 is 13.6. The van der Waals surface area contributed by atoms with Crippen molar-refractivity contribution in [2.75, 3.05) is 0 Å². The van der Waals surface area contributed by atoms with Gasteiger partial charge in [-0.3, -0.25) is 0 Å². The molecule has 3 heteroatoms. The maximum Gasteiger partial charge on any atom is 0.127 e. The molecule has 2 aromatic carbocycles. The zero-order valence-electron chi connectivity index (χ0n) is 9.81. The second-order valence-corrected chi connectivity index (χ2v) is 4.72. The maximum atomic E-state index is 13.6. The Kier molecular flexibility index (Phi) is 4.34. The zero-order valence-corrected chi connectivity index (χ0v) is 10.6. The summed E-state index contributed by atoms with van der Waals surface area (Å²) in [5.74, 6) is -0.366. The fourth-order valence-corrected chi connectivity index (χ4v) is 2.06. The minimum atomic E-state index is -0.594. The lowest BCUT2D eigenvalue weighted by molar-refractivity contribution is 0.174. The normalized spacial score (nSPS) is 12.4. The number of aliphatic hydroxyl groups excluding tert-OH is 1. The van der Waals surface area contributed by atoms with Gasteiger partial charge in [0, 0.05) is 11.4 Å². The fraction of sp³-hybridized carbons (Fsp3) is 0.200. The van der Waals surface area contributed by atoms with Gasteiger partial charge in [-0.1, -0.05) is 48.0 Å². The Morgan fingerprint density at radius 1 is 1.06 bits per heavy atom. The van der Waals surface area contributed by atoms with Gasteiger partial charge in [-0.25, -0.2) is 4.39 Å². The molecule has 0 aliphatic heterocycles. The van der Waals surface area contributed by atoms with Gasteiger partial charge in [0.1, 0.15) is 5.82 Å².